The van der Waals surface area contributed by atoms with Gasteiger partial charge in [0, 0.05) is 18.8 Å². The van der Waals surface area contributed by atoms with E-state index in [4.69, 9.17) is 5.11 Å². The summed E-state index contributed by atoms with van der Waals surface area (Å²) in [5.41, 5.74) is 1.63. The molecule has 0 heterocycles. The first-order valence-corrected chi connectivity index (χ1v) is 8.54. The highest BCUT2D eigenvalue weighted by atomic mass is 32.2. The number of hydrogen-bond donors (Lipinski definition) is 1. The Bertz CT molecular complexity index is 860. The van der Waals surface area contributed by atoms with E-state index in [9.17, 15) is 13.2 Å². The molecule has 2 aromatic carbocycles. The zero-order chi connectivity index (χ0) is 17.0. The van der Waals surface area contributed by atoms with E-state index in [1.165, 1.54) is 19.3 Å². The van der Waals surface area contributed by atoms with Gasteiger partial charge < -0.3 is 5.11 Å². The molecule has 2 rings (SSSR count). The molecule has 120 valence electrons. The minimum atomic E-state index is -3.35. The second-order valence-electron chi connectivity index (χ2n) is 4.90. The molecule has 0 aromatic heterocycles. The van der Waals surface area contributed by atoms with Gasteiger partial charge in [0.1, 0.15) is 0 Å². The van der Waals surface area contributed by atoms with Crippen LogP contribution < -0.4 is 4.31 Å². The zero-order valence-electron chi connectivity index (χ0n) is 12.7. The summed E-state index contributed by atoms with van der Waals surface area (Å²) in [5.74, 6) is -1.03. The molecule has 0 aliphatic carbocycles. The summed E-state index contributed by atoms with van der Waals surface area (Å²) < 4.78 is 24.3. The van der Waals surface area contributed by atoms with E-state index in [1.54, 1.807) is 42.5 Å². The number of rotatable bonds is 5. The molecule has 0 bridgehead atoms. The van der Waals surface area contributed by atoms with Crippen molar-refractivity contribution in [2.24, 2.45) is 4.99 Å². The van der Waals surface area contributed by atoms with Gasteiger partial charge in [-0.1, -0.05) is 24.3 Å². The Morgan fingerprint density at radius 1 is 1.17 bits per heavy atom. The largest absolute Gasteiger partial charge is 0.478 e. The third-order valence-corrected chi connectivity index (χ3v) is 4.44. The fourth-order valence-corrected chi connectivity index (χ4v) is 2.41. The fraction of sp³-hybridized carbons (Fsp3) is 0.125. The van der Waals surface area contributed by atoms with Gasteiger partial charge in [-0.3, -0.25) is 9.30 Å². The van der Waals surface area contributed by atoms with Crippen LogP contribution in [0.4, 0.5) is 11.4 Å². The summed E-state index contributed by atoms with van der Waals surface area (Å²) in [6, 6.07) is 13.2. The number of sulfonamides is 1. The molecule has 0 amide bonds. The quantitative estimate of drug-likeness (QED) is 0.852. The molecule has 7 heteroatoms. The lowest BCUT2D eigenvalue weighted by Crippen LogP contribution is -2.24. The van der Waals surface area contributed by atoms with Crippen LogP contribution >= 0.6 is 0 Å². The Balaban J connectivity index is 2.33. The molecule has 0 saturated heterocycles. The number of aliphatic imine (C=N–C) groups is 1. The van der Waals surface area contributed by atoms with Crippen molar-refractivity contribution in [2.75, 3.05) is 17.6 Å². The minimum absolute atomic E-state index is 0.153. The van der Waals surface area contributed by atoms with E-state index in [-0.39, 0.29) is 5.56 Å². The van der Waals surface area contributed by atoms with Crippen LogP contribution in [0, 0.1) is 0 Å². The minimum Gasteiger partial charge on any atom is -0.478 e. The second kappa shape index (κ2) is 6.62. The van der Waals surface area contributed by atoms with Crippen LogP contribution in [0.5, 0.6) is 0 Å². The zero-order valence-corrected chi connectivity index (χ0v) is 13.5. The SMILES string of the molecule is CN(c1cccc(N=Cc2ccccc2C(=O)O)c1)S(C)(=O)=O. The highest BCUT2D eigenvalue weighted by molar-refractivity contribution is 7.92. The highest BCUT2D eigenvalue weighted by Gasteiger charge is 2.12. The van der Waals surface area contributed by atoms with Crippen LogP contribution in [0.15, 0.2) is 53.5 Å². The van der Waals surface area contributed by atoms with Gasteiger partial charge in [0.05, 0.1) is 23.2 Å². The van der Waals surface area contributed by atoms with Crippen LogP contribution in [0.25, 0.3) is 0 Å². The molecular weight excluding hydrogens is 316 g/mol. The van der Waals surface area contributed by atoms with Crippen molar-refractivity contribution in [1.29, 1.82) is 0 Å². The van der Waals surface area contributed by atoms with Gasteiger partial charge in [0.25, 0.3) is 0 Å². The van der Waals surface area contributed by atoms with Crippen LogP contribution in [-0.2, 0) is 10.0 Å². The van der Waals surface area contributed by atoms with Crippen molar-refractivity contribution in [3.05, 3.63) is 59.7 Å². The van der Waals surface area contributed by atoms with Gasteiger partial charge in [0.15, 0.2) is 0 Å². The smallest absolute Gasteiger partial charge is 0.336 e. The average Bonchev–Trinajstić information content (AvgIpc) is 2.51. The fourth-order valence-electron chi connectivity index (χ4n) is 1.91. The molecule has 1 N–H and O–H groups in total. The lowest BCUT2D eigenvalue weighted by atomic mass is 10.1. The molecule has 0 spiro atoms. The Labute approximate surface area is 134 Å². The van der Waals surface area contributed by atoms with Gasteiger partial charge in [-0.15, -0.1) is 0 Å². The summed E-state index contributed by atoms with van der Waals surface area (Å²) in [5, 5.41) is 9.13. The molecule has 0 aliphatic heterocycles. The number of hydrogen-bond acceptors (Lipinski definition) is 4. The summed E-state index contributed by atoms with van der Waals surface area (Å²) >= 11 is 0. The molecule has 0 radical (unpaired) electrons. The first kappa shape index (κ1) is 16.7. The molecule has 0 fully saturated rings. The Kier molecular flexibility index (Phi) is 4.80. The summed E-state index contributed by atoms with van der Waals surface area (Å²) in [6.45, 7) is 0. The van der Waals surface area contributed by atoms with E-state index in [0.717, 1.165) is 10.6 Å². The predicted molar refractivity (Wildman–Crippen MR) is 90.3 cm³/mol. The molecule has 0 unspecified atom stereocenters. The number of benzene rings is 2. The maximum atomic E-state index is 11.6. The van der Waals surface area contributed by atoms with Gasteiger partial charge in [0.2, 0.25) is 10.0 Å². The molecule has 0 aliphatic rings. The Morgan fingerprint density at radius 3 is 2.52 bits per heavy atom. The van der Waals surface area contributed by atoms with Crippen molar-refractivity contribution in [2.45, 2.75) is 0 Å². The van der Waals surface area contributed by atoms with Gasteiger partial charge >= 0.3 is 5.97 Å². The van der Waals surface area contributed by atoms with E-state index in [1.807, 2.05) is 0 Å². The summed E-state index contributed by atoms with van der Waals surface area (Å²) in [7, 11) is -1.90. The van der Waals surface area contributed by atoms with E-state index >= 15 is 0 Å². The third kappa shape index (κ3) is 4.17. The van der Waals surface area contributed by atoms with E-state index in [2.05, 4.69) is 4.99 Å². The molecule has 0 atom stereocenters. The molecular formula is C16H16N2O4S. The molecule has 23 heavy (non-hydrogen) atoms. The third-order valence-electron chi connectivity index (χ3n) is 3.23. The topological polar surface area (TPSA) is 87.0 Å². The lowest BCUT2D eigenvalue weighted by Gasteiger charge is -2.16. The van der Waals surface area contributed by atoms with Gasteiger partial charge in [-0.2, -0.15) is 0 Å². The molecule has 0 saturated carbocycles. The van der Waals surface area contributed by atoms with E-state index in [0.29, 0.717) is 16.9 Å². The number of carboxylic acid groups (broad SMARTS) is 1. The maximum Gasteiger partial charge on any atom is 0.336 e. The van der Waals surface area contributed by atoms with Crippen LogP contribution in [0.1, 0.15) is 15.9 Å². The first-order valence-electron chi connectivity index (χ1n) is 6.69. The average molecular weight is 332 g/mol. The van der Waals surface area contributed by atoms with Gasteiger partial charge in [-0.05, 0) is 24.3 Å². The monoisotopic (exact) mass is 332 g/mol. The van der Waals surface area contributed by atoms with Crippen LogP contribution in [0.2, 0.25) is 0 Å². The summed E-state index contributed by atoms with van der Waals surface area (Å²) in [4.78, 5) is 15.4. The number of aromatic carboxylic acids is 1. The first-order chi connectivity index (χ1) is 10.8. The van der Waals surface area contributed by atoms with Crippen molar-refractivity contribution >= 4 is 33.6 Å². The second-order valence-corrected chi connectivity index (χ2v) is 6.91. The number of carbonyl (C=O) groups is 1. The normalized spacial score (nSPS) is 11.6. The number of nitrogens with zero attached hydrogens (tertiary/aromatic N) is 2. The summed E-state index contributed by atoms with van der Waals surface area (Å²) in [6.07, 6.45) is 2.56. The highest BCUT2D eigenvalue weighted by Crippen LogP contribution is 2.22. The lowest BCUT2D eigenvalue weighted by molar-refractivity contribution is 0.0696. The van der Waals surface area contributed by atoms with E-state index < -0.39 is 16.0 Å². The molecule has 2 aromatic rings. The number of carboxylic acids is 1. The van der Waals surface area contributed by atoms with Crippen LogP contribution in [-0.4, -0.2) is 39.0 Å². The number of anilines is 1. The van der Waals surface area contributed by atoms with Crippen molar-refractivity contribution in [1.82, 2.24) is 0 Å². The van der Waals surface area contributed by atoms with Crippen molar-refractivity contribution in [3.8, 4) is 0 Å². The van der Waals surface area contributed by atoms with Crippen LogP contribution in [0.3, 0.4) is 0 Å². The standard InChI is InChI=1S/C16H16N2O4S/c1-18(23(2,21)22)14-8-5-7-13(10-14)17-11-12-6-3-4-9-15(12)16(19)20/h3-11H,1-2H3,(H,19,20). The van der Waals surface area contributed by atoms with Gasteiger partial charge in [-0.25, -0.2) is 13.2 Å². The van der Waals surface area contributed by atoms with Crippen molar-refractivity contribution < 1.29 is 18.3 Å². The Morgan fingerprint density at radius 2 is 1.87 bits per heavy atom. The predicted octanol–water partition coefficient (Wildman–Crippen LogP) is 2.53. The molecule has 6 nitrogen and oxygen atoms in total. The van der Waals surface area contributed by atoms with Crippen molar-refractivity contribution in [3.63, 3.8) is 0 Å². The maximum absolute atomic E-state index is 11.6. The Hall–Kier alpha value is -2.67.